The van der Waals surface area contributed by atoms with Gasteiger partial charge < -0.3 is 4.42 Å². The molecular weight excluding hydrogens is 234 g/mol. The first-order valence-electron chi connectivity index (χ1n) is 5.19. The van der Waals surface area contributed by atoms with Crippen LogP contribution in [0.4, 0.5) is 0 Å². The summed E-state index contributed by atoms with van der Waals surface area (Å²) in [4.78, 5) is 16.1. The number of furan rings is 1. The van der Waals surface area contributed by atoms with E-state index in [4.69, 9.17) is 4.42 Å². The van der Waals surface area contributed by atoms with Gasteiger partial charge in [0.1, 0.15) is 11.8 Å². The molecule has 0 unspecified atom stereocenters. The number of benzene rings is 1. The first kappa shape index (κ1) is 10.2. The van der Waals surface area contributed by atoms with Crippen molar-refractivity contribution < 1.29 is 9.21 Å². The maximum absolute atomic E-state index is 10.7. The van der Waals surface area contributed by atoms with Gasteiger partial charge in [-0.3, -0.25) is 4.79 Å². The Morgan fingerprint density at radius 2 is 2.18 bits per heavy atom. The molecule has 3 nitrogen and oxygen atoms in total. The summed E-state index contributed by atoms with van der Waals surface area (Å²) in [7, 11) is 0. The Morgan fingerprint density at radius 1 is 1.35 bits per heavy atom. The summed E-state index contributed by atoms with van der Waals surface area (Å²) in [5.74, 6) is 0. The Morgan fingerprint density at radius 3 is 2.94 bits per heavy atom. The number of para-hydroxylation sites is 1. The van der Waals surface area contributed by atoms with Crippen molar-refractivity contribution in [2.45, 2.75) is 6.92 Å². The van der Waals surface area contributed by atoms with Gasteiger partial charge in [0.25, 0.3) is 0 Å². The standard InChI is InChI=1S/C13H9NO2S/c1-8-13(14-12(6-15)17-8)10-7-16-11-5-3-2-4-9(10)11/h2-7H,1H3. The topological polar surface area (TPSA) is 43.1 Å². The van der Waals surface area contributed by atoms with Crippen molar-refractivity contribution in [2.75, 3.05) is 0 Å². The molecule has 1 aromatic carbocycles. The molecule has 0 spiro atoms. The smallest absolute Gasteiger partial charge is 0.178 e. The van der Waals surface area contributed by atoms with Crippen molar-refractivity contribution in [2.24, 2.45) is 0 Å². The molecule has 0 aliphatic rings. The van der Waals surface area contributed by atoms with Gasteiger partial charge in [-0.05, 0) is 13.0 Å². The van der Waals surface area contributed by atoms with E-state index in [1.807, 2.05) is 31.2 Å². The molecule has 0 saturated carbocycles. The lowest BCUT2D eigenvalue weighted by Gasteiger charge is -1.94. The van der Waals surface area contributed by atoms with Gasteiger partial charge in [0, 0.05) is 15.8 Å². The highest BCUT2D eigenvalue weighted by atomic mass is 32.1. The van der Waals surface area contributed by atoms with Gasteiger partial charge in [-0.25, -0.2) is 4.98 Å². The molecule has 84 valence electrons. The first-order valence-corrected chi connectivity index (χ1v) is 6.00. The number of aryl methyl sites for hydroxylation is 1. The zero-order valence-corrected chi connectivity index (χ0v) is 9.95. The van der Waals surface area contributed by atoms with E-state index in [1.54, 1.807) is 6.26 Å². The lowest BCUT2D eigenvalue weighted by atomic mass is 10.1. The summed E-state index contributed by atoms with van der Waals surface area (Å²) >= 11 is 1.40. The summed E-state index contributed by atoms with van der Waals surface area (Å²) < 4.78 is 5.48. The lowest BCUT2D eigenvalue weighted by Crippen LogP contribution is -1.80. The zero-order valence-electron chi connectivity index (χ0n) is 9.14. The molecule has 4 heteroatoms. The average Bonchev–Trinajstić information content (AvgIpc) is 2.92. The van der Waals surface area contributed by atoms with Gasteiger partial charge in [-0.1, -0.05) is 18.2 Å². The van der Waals surface area contributed by atoms with Crippen LogP contribution in [0.1, 0.15) is 14.7 Å². The molecule has 0 aliphatic heterocycles. The Kier molecular flexibility index (Phi) is 2.30. The number of carbonyl (C=O) groups is 1. The Hall–Kier alpha value is -1.94. The van der Waals surface area contributed by atoms with Crippen molar-refractivity contribution in [3.8, 4) is 11.3 Å². The Balaban J connectivity index is 2.26. The Labute approximate surface area is 102 Å². The lowest BCUT2D eigenvalue weighted by molar-refractivity contribution is 0.112. The highest BCUT2D eigenvalue weighted by Gasteiger charge is 2.14. The fraction of sp³-hybridized carbons (Fsp3) is 0.0769. The van der Waals surface area contributed by atoms with Crippen molar-refractivity contribution in [3.05, 3.63) is 40.4 Å². The van der Waals surface area contributed by atoms with E-state index < -0.39 is 0 Å². The second-order valence-corrected chi connectivity index (χ2v) is 4.96. The number of aromatic nitrogens is 1. The quantitative estimate of drug-likeness (QED) is 0.645. The molecule has 0 aliphatic carbocycles. The summed E-state index contributed by atoms with van der Waals surface area (Å²) in [6.45, 7) is 1.96. The molecule has 0 amide bonds. The summed E-state index contributed by atoms with van der Waals surface area (Å²) in [6, 6.07) is 7.80. The van der Waals surface area contributed by atoms with Crippen LogP contribution < -0.4 is 0 Å². The molecule has 0 bridgehead atoms. The third-order valence-electron chi connectivity index (χ3n) is 2.65. The van der Waals surface area contributed by atoms with E-state index in [2.05, 4.69) is 4.98 Å². The number of hydrogen-bond donors (Lipinski definition) is 0. The second-order valence-electron chi connectivity index (χ2n) is 3.72. The zero-order chi connectivity index (χ0) is 11.8. The third kappa shape index (κ3) is 1.57. The number of carbonyl (C=O) groups excluding carboxylic acids is 1. The molecule has 2 heterocycles. The van der Waals surface area contributed by atoms with Crippen LogP contribution in [0.5, 0.6) is 0 Å². The normalized spacial score (nSPS) is 10.9. The number of aldehydes is 1. The maximum Gasteiger partial charge on any atom is 0.178 e. The van der Waals surface area contributed by atoms with E-state index in [1.165, 1.54) is 11.3 Å². The minimum atomic E-state index is 0.503. The number of nitrogens with zero attached hydrogens (tertiary/aromatic N) is 1. The highest BCUT2D eigenvalue weighted by molar-refractivity contribution is 7.13. The van der Waals surface area contributed by atoms with Gasteiger partial charge >= 0.3 is 0 Å². The van der Waals surface area contributed by atoms with Crippen LogP contribution in [0.15, 0.2) is 34.9 Å². The van der Waals surface area contributed by atoms with Crippen LogP contribution in [0, 0.1) is 6.92 Å². The van der Waals surface area contributed by atoms with Gasteiger partial charge in [-0.15, -0.1) is 11.3 Å². The molecule has 17 heavy (non-hydrogen) atoms. The van der Waals surface area contributed by atoms with Crippen molar-refractivity contribution in [3.63, 3.8) is 0 Å². The Bertz CT molecular complexity index is 696. The molecular formula is C13H9NO2S. The monoisotopic (exact) mass is 243 g/mol. The minimum Gasteiger partial charge on any atom is -0.464 e. The van der Waals surface area contributed by atoms with Crippen LogP contribution in [0.25, 0.3) is 22.2 Å². The molecule has 0 N–H and O–H groups in total. The van der Waals surface area contributed by atoms with Gasteiger partial charge in [-0.2, -0.15) is 0 Å². The SMILES string of the molecule is Cc1sc(C=O)nc1-c1coc2ccccc12. The average molecular weight is 243 g/mol. The van der Waals surface area contributed by atoms with Gasteiger partial charge in [0.05, 0.1) is 5.69 Å². The first-order chi connectivity index (χ1) is 8.29. The van der Waals surface area contributed by atoms with Crippen LogP contribution in [0.3, 0.4) is 0 Å². The third-order valence-corrected chi connectivity index (χ3v) is 3.55. The molecule has 0 atom stereocenters. The fourth-order valence-electron chi connectivity index (χ4n) is 1.88. The van der Waals surface area contributed by atoms with Crippen molar-refractivity contribution >= 4 is 28.6 Å². The van der Waals surface area contributed by atoms with Gasteiger partial charge in [0.2, 0.25) is 0 Å². The van der Waals surface area contributed by atoms with Crippen molar-refractivity contribution in [1.29, 1.82) is 0 Å². The van der Waals surface area contributed by atoms with Crippen LogP contribution in [0.2, 0.25) is 0 Å². The summed E-state index contributed by atoms with van der Waals surface area (Å²) in [5.41, 5.74) is 2.62. The van der Waals surface area contributed by atoms with Crippen molar-refractivity contribution in [1.82, 2.24) is 4.98 Å². The van der Waals surface area contributed by atoms with Crippen LogP contribution in [-0.2, 0) is 0 Å². The molecule has 0 saturated heterocycles. The molecule has 0 radical (unpaired) electrons. The van der Waals surface area contributed by atoms with Gasteiger partial charge in [0.15, 0.2) is 11.3 Å². The van der Waals surface area contributed by atoms with E-state index in [0.717, 1.165) is 33.4 Å². The van der Waals surface area contributed by atoms with E-state index >= 15 is 0 Å². The predicted molar refractivity (Wildman–Crippen MR) is 67.4 cm³/mol. The molecule has 2 aromatic heterocycles. The highest BCUT2D eigenvalue weighted by Crippen LogP contribution is 2.33. The molecule has 3 rings (SSSR count). The van der Waals surface area contributed by atoms with Crippen LogP contribution >= 0.6 is 11.3 Å². The molecule has 3 aromatic rings. The molecule has 0 fully saturated rings. The number of rotatable bonds is 2. The summed E-state index contributed by atoms with van der Waals surface area (Å²) in [5, 5.41) is 1.53. The van der Waals surface area contributed by atoms with E-state index in [9.17, 15) is 4.79 Å². The van der Waals surface area contributed by atoms with E-state index in [0.29, 0.717) is 5.01 Å². The maximum atomic E-state index is 10.7. The van der Waals surface area contributed by atoms with Crippen LogP contribution in [-0.4, -0.2) is 11.3 Å². The van der Waals surface area contributed by atoms with E-state index in [-0.39, 0.29) is 0 Å². The minimum absolute atomic E-state index is 0.503. The number of thiazole rings is 1. The number of fused-ring (bicyclic) bond motifs is 1. The predicted octanol–water partition coefficient (Wildman–Crippen LogP) is 3.68. The second kappa shape index (κ2) is 3.82. The largest absolute Gasteiger partial charge is 0.464 e. The summed E-state index contributed by atoms with van der Waals surface area (Å²) in [6.07, 6.45) is 2.48. The number of hydrogen-bond acceptors (Lipinski definition) is 4. The fourth-order valence-corrected chi connectivity index (χ4v) is 2.63.